The quantitative estimate of drug-likeness (QED) is 0.444. The minimum atomic E-state index is -4.92. The van der Waals surface area contributed by atoms with E-state index in [4.69, 9.17) is 16.1 Å². The maximum absolute atomic E-state index is 12.5. The highest BCUT2D eigenvalue weighted by molar-refractivity contribution is 7.53. The molecular weight excluding hydrogens is 432 g/mol. The second kappa shape index (κ2) is 8.10. The predicted octanol–water partition coefficient (Wildman–Crippen LogP) is 6.11. The third-order valence-corrected chi connectivity index (χ3v) is 5.35. The molecule has 0 amide bonds. The molecule has 1 heterocycles. The molecule has 6 nitrogen and oxygen atoms in total. The highest BCUT2D eigenvalue weighted by Crippen LogP contribution is 2.46. The van der Waals surface area contributed by atoms with Crippen LogP contribution in [0, 0.1) is 0 Å². The lowest BCUT2D eigenvalue weighted by atomic mass is 10.2. The number of pyridine rings is 1. The van der Waals surface area contributed by atoms with E-state index in [2.05, 4.69) is 15.0 Å². The molecule has 1 unspecified atom stereocenters. The van der Waals surface area contributed by atoms with Crippen LogP contribution < -0.4 is 14.6 Å². The standard InChI is InChI=1S/C18H15ClF3N2O4P/c1-2-29(25,26)28-15-10-12(27-18(20,21)22)7-8-14(15)23-16-9-6-11-4-3-5-13(19)17(11)24-16/h3-10H,2H2,1H3,(H,23,24)(H,25,26). The Balaban J connectivity index is 1.99. The van der Waals surface area contributed by atoms with Crippen LogP contribution in [0.4, 0.5) is 24.7 Å². The Bertz CT molecular complexity index is 1090. The summed E-state index contributed by atoms with van der Waals surface area (Å²) < 4.78 is 58.4. The normalized spacial score (nSPS) is 13.7. The van der Waals surface area contributed by atoms with E-state index in [-0.39, 0.29) is 17.6 Å². The van der Waals surface area contributed by atoms with Gasteiger partial charge in [-0.05, 0) is 30.3 Å². The molecule has 29 heavy (non-hydrogen) atoms. The number of nitrogens with one attached hydrogen (secondary N) is 1. The zero-order chi connectivity index (χ0) is 21.2. The lowest BCUT2D eigenvalue weighted by molar-refractivity contribution is -0.274. The Hall–Kier alpha value is -2.48. The van der Waals surface area contributed by atoms with Crippen LogP contribution in [-0.4, -0.2) is 22.4 Å². The first-order chi connectivity index (χ1) is 13.6. The van der Waals surface area contributed by atoms with Gasteiger partial charge in [0.1, 0.15) is 11.6 Å². The van der Waals surface area contributed by atoms with Crippen LogP contribution in [-0.2, 0) is 4.57 Å². The molecule has 154 valence electrons. The molecule has 0 aliphatic carbocycles. The van der Waals surface area contributed by atoms with Gasteiger partial charge >= 0.3 is 14.0 Å². The number of alkyl halides is 3. The lowest BCUT2D eigenvalue weighted by Gasteiger charge is -2.18. The maximum Gasteiger partial charge on any atom is 0.573 e. The van der Waals surface area contributed by atoms with Crippen LogP contribution in [0.3, 0.4) is 0 Å². The second-order valence-electron chi connectivity index (χ2n) is 5.88. The van der Waals surface area contributed by atoms with Crippen LogP contribution >= 0.6 is 19.2 Å². The van der Waals surface area contributed by atoms with Crippen molar-refractivity contribution in [3.63, 3.8) is 0 Å². The zero-order valence-corrected chi connectivity index (χ0v) is 16.6. The summed E-state index contributed by atoms with van der Waals surface area (Å²) in [6.07, 6.45) is -5.16. The number of ether oxygens (including phenoxy) is 1. The molecule has 0 saturated heterocycles. The number of anilines is 2. The molecular formula is C18H15ClF3N2O4P. The molecule has 0 spiro atoms. The van der Waals surface area contributed by atoms with E-state index in [0.717, 1.165) is 17.5 Å². The topological polar surface area (TPSA) is 80.7 Å². The summed E-state index contributed by atoms with van der Waals surface area (Å²) in [5.41, 5.74) is 0.640. The van der Waals surface area contributed by atoms with Crippen molar-refractivity contribution in [2.45, 2.75) is 13.3 Å². The number of aromatic nitrogens is 1. The molecule has 0 fully saturated rings. The van der Waals surface area contributed by atoms with Gasteiger partial charge in [0.2, 0.25) is 0 Å². The summed E-state index contributed by atoms with van der Waals surface area (Å²) in [5.74, 6) is -0.576. The average molecular weight is 447 g/mol. The number of nitrogens with zero attached hydrogens (tertiary/aromatic N) is 1. The van der Waals surface area contributed by atoms with Crippen molar-refractivity contribution in [2.75, 3.05) is 11.5 Å². The molecule has 3 aromatic rings. The van der Waals surface area contributed by atoms with E-state index in [0.29, 0.717) is 16.4 Å². The number of para-hydroxylation sites is 1. The molecule has 0 aliphatic heterocycles. The SMILES string of the molecule is CCP(=O)(O)Oc1cc(OC(F)(F)F)ccc1Nc1ccc2cccc(Cl)c2n1. The van der Waals surface area contributed by atoms with Gasteiger partial charge in [0.15, 0.2) is 5.75 Å². The molecule has 1 atom stereocenters. The van der Waals surface area contributed by atoms with E-state index in [9.17, 15) is 22.6 Å². The fraction of sp³-hybridized carbons (Fsp3) is 0.167. The minimum absolute atomic E-state index is 0.126. The van der Waals surface area contributed by atoms with Gasteiger partial charge in [-0.1, -0.05) is 30.7 Å². The molecule has 0 bridgehead atoms. The summed E-state index contributed by atoms with van der Waals surface area (Å²) in [6.45, 7) is 1.41. The van der Waals surface area contributed by atoms with Gasteiger partial charge in [-0.15, -0.1) is 13.2 Å². The number of benzene rings is 2. The Morgan fingerprint density at radius 3 is 2.66 bits per heavy atom. The average Bonchev–Trinajstić information content (AvgIpc) is 2.63. The first-order valence-electron chi connectivity index (χ1n) is 8.30. The lowest BCUT2D eigenvalue weighted by Crippen LogP contribution is -2.17. The van der Waals surface area contributed by atoms with Crippen molar-refractivity contribution >= 4 is 41.6 Å². The van der Waals surface area contributed by atoms with E-state index in [1.54, 1.807) is 24.3 Å². The van der Waals surface area contributed by atoms with E-state index in [1.165, 1.54) is 13.0 Å². The van der Waals surface area contributed by atoms with Crippen molar-refractivity contribution in [3.8, 4) is 11.5 Å². The Labute approximate surface area is 168 Å². The van der Waals surface area contributed by atoms with E-state index in [1.807, 2.05) is 6.07 Å². The zero-order valence-electron chi connectivity index (χ0n) is 14.9. The highest BCUT2D eigenvalue weighted by atomic mass is 35.5. The number of hydrogen-bond donors (Lipinski definition) is 2. The fourth-order valence-corrected chi connectivity index (χ4v) is 3.23. The van der Waals surface area contributed by atoms with Crippen LogP contribution in [0.25, 0.3) is 10.9 Å². The van der Waals surface area contributed by atoms with Gasteiger partial charge < -0.3 is 19.5 Å². The summed E-state index contributed by atoms with van der Waals surface area (Å²) >= 11 is 6.14. The first kappa shape index (κ1) is 21.2. The van der Waals surface area contributed by atoms with Crippen molar-refractivity contribution in [2.24, 2.45) is 0 Å². The molecule has 11 heteroatoms. The largest absolute Gasteiger partial charge is 0.573 e. The molecule has 1 aromatic heterocycles. The number of hydrogen-bond acceptors (Lipinski definition) is 5. The van der Waals surface area contributed by atoms with E-state index < -0.39 is 19.7 Å². The van der Waals surface area contributed by atoms with Crippen LogP contribution in [0.15, 0.2) is 48.5 Å². The summed E-state index contributed by atoms with van der Waals surface area (Å²) in [4.78, 5) is 14.1. The highest BCUT2D eigenvalue weighted by Gasteiger charge is 2.32. The predicted molar refractivity (Wildman–Crippen MR) is 104 cm³/mol. The minimum Gasteiger partial charge on any atom is -0.422 e. The number of rotatable bonds is 6. The van der Waals surface area contributed by atoms with Crippen LogP contribution in [0.5, 0.6) is 11.5 Å². The van der Waals surface area contributed by atoms with Gasteiger partial charge in [-0.2, -0.15) is 0 Å². The Morgan fingerprint density at radius 1 is 1.21 bits per heavy atom. The molecule has 3 rings (SSSR count). The third-order valence-electron chi connectivity index (χ3n) is 3.76. The van der Waals surface area contributed by atoms with Gasteiger partial charge in [0, 0.05) is 11.5 Å². The molecule has 0 radical (unpaired) electrons. The van der Waals surface area contributed by atoms with Crippen molar-refractivity contribution < 1.29 is 31.9 Å². The maximum atomic E-state index is 12.5. The van der Waals surface area contributed by atoms with Gasteiger partial charge in [-0.3, -0.25) is 0 Å². The Kier molecular flexibility index (Phi) is 5.93. The smallest absolute Gasteiger partial charge is 0.422 e. The third kappa shape index (κ3) is 5.53. The van der Waals surface area contributed by atoms with Crippen LogP contribution in [0.1, 0.15) is 6.92 Å². The van der Waals surface area contributed by atoms with Crippen molar-refractivity contribution in [1.29, 1.82) is 0 Å². The summed E-state index contributed by atoms with van der Waals surface area (Å²) in [5, 5.41) is 4.07. The summed E-state index contributed by atoms with van der Waals surface area (Å²) in [7, 11) is -4.06. The first-order valence-corrected chi connectivity index (χ1v) is 10.4. The fourth-order valence-electron chi connectivity index (χ4n) is 2.42. The van der Waals surface area contributed by atoms with Gasteiger partial charge in [0.25, 0.3) is 0 Å². The molecule has 0 aliphatic rings. The van der Waals surface area contributed by atoms with Crippen molar-refractivity contribution in [1.82, 2.24) is 4.98 Å². The van der Waals surface area contributed by atoms with Crippen molar-refractivity contribution in [3.05, 3.63) is 53.6 Å². The monoisotopic (exact) mass is 446 g/mol. The number of halogens is 4. The molecule has 0 saturated carbocycles. The second-order valence-corrected chi connectivity index (χ2v) is 8.38. The van der Waals surface area contributed by atoms with E-state index >= 15 is 0 Å². The van der Waals surface area contributed by atoms with Gasteiger partial charge in [0.05, 0.1) is 22.4 Å². The Morgan fingerprint density at radius 2 is 1.97 bits per heavy atom. The van der Waals surface area contributed by atoms with Crippen LogP contribution in [0.2, 0.25) is 5.02 Å². The molecule has 2 aromatic carbocycles. The summed E-state index contributed by atoms with van der Waals surface area (Å²) in [6, 6.07) is 11.8. The number of fused-ring (bicyclic) bond motifs is 1. The van der Waals surface area contributed by atoms with Gasteiger partial charge in [-0.25, -0.2) is 9.55 Å². The molecule has 2 N–H and O–H groups in total.